The zero-order chi connectivity index (χ0) is 24.4. The number of pyridine rings is 1. The normalized spacial score (nSPS) is 21.8. The van der Waals surface area contributed by atoms with E-state index in [1.807, 2.05) is 18.2 Å². The quantitative estimate of drug-likeness (QED) is 0.671. The number of esters is 1. The second-order valence-corrected chi connectivity index (χ2v) is 12.2. The number of carbonyl (C=O) groups excluding carboxylic acids is 1. The molecule has 1 aromatic carbocycles. The first-order chi connectivity index (χ1) is 15.2. The predicted octanol–water partition coefficient (Wildman–Crippen LogP) is 3.39. The number of rotatable bonds is 2. The van der Waals surface area contributed by atoms with Gasteiger partial charge in [-0.15, -0.1) is 0 Å². The molecular weight excluding hydrogens is 438 g/mol. The third-order valence-electron chi connectivity index (χ3n) is 6.29. The van der Waals surface area contributed by atoms with E-state index >= 15 is 0 Å². The van der Waals surface area contributed by atoms with Crippen LogP contribution in [-0.4, -0.2) is 38.2 Å². The minimum Gasteiger partial charge on any atom is -0.459 e. The first-order valence-corrected chi connectivity index (χ1v) is 13.1. The Kier molecular flexibility index (Phi) is 7.19. The molecule has 1 aliphatic rings. The summed E-state index contributed by atoms with van der Waals surface area (Å²) in [7, 11) is -2.01. The molecule has 3 rings (SSSR count). The zero-order valence-corrected chi connectivity index (χ0v) is 21.0. The average Bonchev–Trinajstić information content (AvgIpc) is 2.73. The van der Waals surface area contributed by atoms with E-state index in [9.17, 15) is 13.2 Å². The minimum absolute atomic E-state index is 0.00478. The first-order valence-electron chi connectivity index (χ1n) is 11.2. The fraction of sp³-hybridized carbons (Fsp3) is 0.520. The van der Waals surface area contributed by atoms with Gasteiger partial charge in [0.05, 0.1) is 6.26 Å². The van der Waals surface area contributed by atoms with Crippen LogP contribution >= 0.6 is 0 Å². The lowest BCUT2D eigenvalue weighted by atomic mass is 9.81. The fourth-order valence-corrected chi connectivity index (χ4v) is 4.39. The Bertz CT molecular complexity index is 1130. The van der Waals surface area contributed by atoms with E-state index in [1.54, 1.807) is 13.0 Å². The van der Waals surface area contributed by atoms with Gasteiger partial charge in [-0.1, -0.05) is 38.1 Å². The molecule has 0 spiro atoms. The molecule has 2 N–H and O–H groups in total. The highest BCUT2D eigenvalue weighted by molar-refractivity contribution is 7.92. The SMILES string of the molecule is CN(c1cc2cc(n1)CCC(C)(C)CCc1cccc(c1)CC(C)(N)C(=O)OC2)S(C)(=O)=O. The molecule has 1 aromatic heterocycles. The van der Waals surface area contributed by atoms with Crippen molar-refractivity contribution in [1.29, 1.82) is 0 Å². The molecule has 33 heavy (non-hydrogen) atoms. The van der Waals surface area contributed by atoms with Gasteiger partial charge in [0.2, 0.25) is 10.0 Å². The van der Waals surface area contributed by atoms with Gasteiger partial charge in [-0.05, 0) is 66.8 Å². The third kappa shape index (κ3) is 6.77. The highest BCUT2D eigenvalue weighted by Gasteiger charge is 2.31. The van der Waals surface area contributed by atoms with Gasteiger partial charge in [0.15, 0.2) is 0 Å². The van der Waals surface area contributed by atoms with E-state index in [1.165, 1.54) is 12.6 Å². The largest absolute Gasteiger partial charge is 0.459 e. The number of fused-ring (bicyclic) bond motifs is 4. The minimum atomic E-state index is -3.48. The summed E-state index contributed by atoms with van der Waals surface area (Å²) < 4.78 is 30.9. The highest BCUT2D eigenvalue weighted by atomic mass is 32.2. The molecule has 0 aliphatic carbocycles. The smallest absolute Gasteiger partial charge is 0.326 e. The van der Waals surface area contributed by atoms with Gasteiger partial charge in [0.1, 0.15) is 18.0 Å². The molecule has 1 aliphatic heterocycles. The van der Waals surface area contributed by atoms with Crippen LogP contribution in [0.2, 0.25) is 0 Å². The van der Waals surface area contributed by atoms with Crippen molar-refractivity contribution in [2.45, 2.75) is 65.0 Å². The monoisotopic (exact) mass is 473 g/mol. The van der Waals surface area contributed by atoms with Gasteiger partial charge in [-0.2, -0.15) is 0 Å². The molecule has 0 fully saturated rings. The Hall–Kier alpha value is -2.45. The number of nitrogens with two attached hydrogens (primary N) is 1. The average molecular weight is 474 g/mol. The van der Waals surface area contributed by atoms with Crippen LogP contribution in [0.4, 0.5) is 5.82 Å². The van der Waals surface area contributed by atoms with E-state index in [2.05, 4.69) is 31.0 Å². The molecule has 2 heterocycles. The van der Waals surface area contributed by atoms with Crippen LogP contribution < -0.4 is 10.0 Å². The molecule has 4 bridgehead atoms. The summed E-state index contributed by atoms with van der Waals surface area (Å²) in [5.74, 6) is -0.192. The van der Waals surface area contributed by atoms with Crippen LogP contribution in [0.5, 0.6) is 0 Å². The summed E-state index contributed by atoms with van der Waals surface area (Å²) in [4.78, 5) is 17.4. The van der Waals surface area contributed by atoms with Gasteiger partial charge in [0.25, 0.3) is 0 Å². The number of cyclic esters (lactones) is 1. The lowest BCUT2D eigenvalue weighted by Crippen LogP contribution is -2.48. The summed E-state index contributed by atoms with van der Waals surface area (Å²) in [6, 6.07) is 11.7. The lowest BCUT2D eigenvalue weighted by Gasteiger charge is -2.26. The summed E-state index contributed by atoms with van der Waals surface area (Å²) in [5, 5.41) is 0. The standard InChI is InChI=1S/C25H35N3O4S/c1-24(2)11-9-18-7-6-8-19(13-18)16-25(3,26)23(29)32-17-20-14-21(10-12-24)27-22(15-20)28(4)33(5,30)31/h6-8,13-15H,9-12,16-17,26H2,1-5H3. The Labute approximate surface area is 197 Å². The summed E-state index contributed by atoms with van der Waals surface area (Å²) >= 11 is 0. The van der Waals surface area contributed by atoms with Crippen molar-refractivity contribution in [3.05, 3.63) is 58.8 Å². The highest BCUT2D eigenvalue weighted by Crippen LogP contribution is 2.30. The van der Waals surface area contributed by atoms with Crippen molar-refractivity contribution in [1.82, 2.24) is 4.98 Å². The number of sulfonamides is 1. The number of anilines is 1. The van der Waals surface area contributed by atoms with Gasteiger partial charge >= 0.3 is 5.97 Å². The van der Waals surface area contributed by atoms with Crippen molar-refractivity contribution in [2.75, 3.05) is 17.6 Å². The third-order valence-corrected chi connectivity index (χ3v) is 7.47. The van der Waals surface area contributed by atoms with Crippen molar-refractivity contribution in [3.63, 3.8) is 0 Å². The Morgan fingerprint density at radius 1 is 1.03 bits per heavy atom. The summed E-state index contributed by atoms with van der Waals surface area (Å²) in [5.41, 5.74) is 8.91. The van der Waals surface area contributed by atoms with Gasteiger partial charge in [-0.25, -0.2) is 13.4 Å². The maximum Gasteiger partial charge on any atom is 0.326 e. The maximum atomic E-state index is 12.8. The number of hydrogen-bond donors (Lipinski definition) is 1. The lowest BCUT2D eigenvalue weighted by molar-refractivity contribution is -0.150. The summed E-state index contributed by atoms with van der Waals surface area (Å²) in [6.45, 7) is 6.16. The topological polar surface area (TPSA) is 103 Å². The van der Waals surface area contributed by atoms with Crippen molar-refractivity contribution < 1.29 is 17.9 Å². The van der Waals surface area contributed by atoms with E-state index in [4.69, 9.17) is 10.5 Å². The van der Waals surface area contributed by atoms with E-state index < -0.39 is 21.5 Å². The molecule has 0 radical (unpaired) electrons. The molecule has 0 saturated carbocycles. The first kappa shape index (κ1) is 25.2. The fourth-order valence-electron chi connectivity index (χ4n) is 3.96. The van der Waals surface area contributed by atoms with Crippen LogP contribution in [0.1, 0.15) is 56.0 Å². The molecule has 7 nitrogen and oxygen atoms in total. The Morgan fingerprint density at radius 3 is 2.39 bits per heavy atom. The number of aryl methyl sites for hydroxylation is 2. The zero-order valence-electron chi connectivity index (χ0n) is 20.2. The molecule has 2 aromatic rings. The molecule has 1 unspecified atom stereocenters. The van der Waals surface area contributed by atoms with Crippen LogP contribution in [0.3, 0.4) is 0 Å². The van der Waals surface area contributed by atoms with Crippen molar-refractivity contribution >= 4 is 21.8 Å². The van der Waals surface area contributed by atoms with E-state index in [0.29, 0.717) is 24.2 Å². The van der Waals surface area contributed by atoms with Crippen LogP contribution in [-0.2, 0) is 45.4 Å². The van der Waals surface area contributed by atoms with Crippen LogP contribution in [0.15, 0.2) is 36.4 Å². The second kappa shape index (κ2) is 9.43. The number of benzene rings is 1. The molecular formula is C25H35N3O4S. The predicted molar refractivity (Wildman–Crippen MR) is 130 cm³/mol. The molecule has 180 valence electrons. The maximum absolute atomic E-state index is 12.8. The number of ether oxygens (including phenoxy) is 1. The Morgan fingerprint density at radius 2 is 1.70 bits per heavy atom. The molecule has 0 saturated heterocycles. The van der Waals surface area contributed by atoms with Crippen LogP contribution in [0, 0.1) is 5.41 Å². The number of hydrogen-bond acceptors (Lipinski definition) is 6. The van der Waals surface area contributed by atoms with Gasteiger partial charge < -0.3 is 10.5 Å². The number of carbonyl (C=O) groups is 1. The van der Waals surface area contributed by atoms with E-state index in [-0.39, 0.29) is 12.0 Å². The van der Waals surface area contributed by atoms with Crippen molar-refractivity contribution in [3.8, 4) is 0 Å². The number of aromatic nitrogens is 1. The van der Waals surface area contributed by atoms with Crippen molar-refractivity contribution in [2.24, 2.45) is 11.1 Å². The van der Waals surface area contributed by atoms with Crippen LogP contribution in [0.25, 0.3) is 0 Å². The summed E-state index contributed by atoms with van der Waals surface area (Å²) in [6.07, 6.45) is 5.00. The van der Waals surface area contributed by atoms with Gasteiger partial charge in [0, 0.05) is 19.2 Å². The molecule has 0 amide bonds. The molecule has 1 atom stereocenters. The second-order valence-electron chi connectivity index (χ2n) is 10.2. The van der Waals surface area contributed by atoms with E-state index in [0.717, 1.165) is 41.1 Å². The van der Waals surface area contributed by atoms with Gasteiger partial charge in [-0.3, -0.25) is 9.10 Å². The molecule has 8 heteroatoms. The Balaban J connectivity index is 1.98. The number of nitrogens with zero attached hydrogens (tertiary/aromatic N) is 2.